The molecular weight excluding hydrogens is 212 g/mol. The van der Waals surface area contributed by atoms with Crippen molar-refractivity contribution >= 4 is 5.97 Å². The molecule has 0 N–H and O–H groups in total. The number of esters is 1. The number of carbonyl (C=O) groups excluding carboxylic acids is 1. The Kier molecular flexibility index (Phi) is 4.55. The molecule has 96 valence electrons. The number of carbonyl (C=O) groups is 1. The summed E-state index contributed by atoms with van der Waals surface area (Å²) in [5.74, 6) is 0.239. The van der Waals surface area contributed by atoms with E-state index in [1.807, 2.05) is 20.8 Å². The molecule has 0 saturated heterocycles. The Labute approximate surface area is 105 Å². The predicted octanol–water partition coefficient (Wildman–Crippen LogP) is 4.02. The van der Waals surface area contributed by atoms with Crippen LogP contribution in [0.5, 0.6) is 0 Å². The third-order valence-corrected chi connectivity index (χ3v) is 3.73. The zero-order chi connectivity index (χ0) is 13.1. The van der Waals surface area contributed by atoms with Crippen LogP contribution in [0.25, 0.3) is 0 Å². The normalized spacial score (nSPS) is 22.1. The van der Waals surface area contributed by atoms with Crippen molar-refractivity contribution in [3.8, 4) is 0 Å². The van der Waals surface area contributed by atoms with Crippen LogP contribution in [0.1, 0.15) is 53.9 Å². The van der Waals surface area contributed by atoms with Crippen LogP contribution >= 0.6 is 0 Å². The first kappa shape index (κ1) is 14.0. The molecule has 0 bridgehead atoms. The molecule has 1 aliphatic rings. The number of hydrogen-bond acceptors (Lipinski definition) is 2. The third kappa shape index (κ3) is 3.72. The molecule has 2 nitrogen and oxygen atoms in total. The first-order chi connectivity index (χ1) is 7.86. The molecule has 1 atom stereocenters. The third-order valence-electron chi connectivity index (χ3n) is 3.73. The minimum absolute atomic E-state index is 0.191. The lowest BCUT2D eigenvalue weighted by Gasteiger charge is -2.35. The molecule has 0 radical (unpaired) electrons. The standard InChI is InChI=1S/C15H24O2/c1-6-12(3)14(16)17-15(4,5)13-9-7-11(2)8-10-13/h6-7,13H,8-10H2,1-5H3/b12-6+. The largest absolute Gasteiger partial charge is 0.456 e. The lowest BCUT2D eigenvalue weighted by Crippen LogP contribution is -2.37. The van der Waals surface area contributed by atoms with E-state index in [0.29, 0.717) is 11.5 Å². The van der Waals surface area contributed by atoms with Crippen LogP contribution < -0.4 is 0 Å². The summed E-state index contributed by atoms with van der Waals surface area (Å²) in [6, 6.07) is 0. The fourth-order valence-corrected chi connectivity index (χ4v) is 2.12. The van der Waals surface area contributed by atoms with E-state index in [1.165, 1.54) is 5.57 Å². The number of hydrogen-bond donors (Lipinski definition) is 0. The summed E-state index contributed by atoms with van der Waals surface area (Å²) in [6.07, 6.45) is 7.31. The van der Waals surface area contributed by atoms with Crippen molar-refractivity contribution in [2.24, 2.45) is 5.92 Å². The zero-order valence-corrected chi connectivity index (χ0v) is 11.7. The van der Waals surface area contributed by atoms with Crippen LogP contribution in [-0.4, -0.2) is 11.6 Å². The first-order valence-corrected chi connectivity index (χ1v) is 6.38. The van der Waals surface area contributed by atoms with Crippen LogP contribution in [0.4, 0.5) is 0 Å². The second kappa shape index (κ2) is 5.52. The average molecular weight is 236 g/mol. The van der Waals surface area contributed by atoms with Crippen LogP contribution in [0.2, 0.25) is 0 Å². The summed E-state index contributed by atoms with van der Waals surface area (Å²) < 4.78 is 5.63. The summed E-state index contributed by atoms with van der Waals surface area (Å²) in [4.78, 5) is 11.8. The molecule has 0 heterocycles. The average Bonchev–Trinajstić information content (AvgIpc) is 2.27. The maximum Gasteiger partial charge on any atom is 0.333 e. The van der Waals surface area contributed by atoms with Gasteiger partial charge in [0.05, 0.1) is 0 Å². The van der Waals surface area contributed by atoms with Gasteiger partial charge in [-0.2, -0.15) is 0 Å². The summed E-state index contributed by atoms with van der Waals surface area (Å²) >= 11 is 0. The highest BCUT2D eigenvalue weighted by Crippen LogP contribution is 2.34. The molecule has 0 spiro atoms. The molecule has 0 aliphatic heterocycles. The highest BCUT2D eigenvalue weighted by molar-refractivity contribution is 5.87. The van der Waals surface area contributed by atoms with Crippen LogP contribution in [0.15, 0.2) is 23.3 Å². The number of allylic oxidation sites excluding steroid dienone is 3. The van der Waals surface area contributed by atoms with Gasteiger partial charge in [-0.05, 0) is 53.9 Å². The summed E-state index contributed by atoms with van der Waals surface area (Å²) in [5, 5.41) is 0. The Balaban J connectivity index is 2.66. The maximum atomic E-state index is 11.8. The van der Waals surface area contributed by atoms with Gasteiger partial charge in [0, 0.05) is 11.5 Å². The molecule has 17 heavy (non-hydrogen) atoms. The Bertz CT molecular complexity index is 348. The van der Waals surface area contributed by atoms with Crippen LogP contribution in [0, 0.1) is 5.92 Å². The Morgan fingerprint density at radius 1 is 1.53 bits per heavy atom. The van der Waals surface area contributed by atoms with E-state index < -0.39 is 0 Å². The molecular formula is C15H24O2. The quantitative estimate of drug-likeness (QED) is 0.420. The Morgan fingerprint density at radius 3 is 2.65 bits per heavy atom. The Morgan fingerprint density at radius 2 is 2.18 bits per heavy atom. The van der Waals surface area contributed by atoms with Crippen LogP contribution in [-0.2, 0) is 9.53 Å². The predicted molar refractivity (Wildman–Crippen MR) is 70.7 cm³/mol. The fourth-order valence-electron chi connectivity index (χ4n) is 2.12. The molecule has 0 amide bonds. The maximum absolute atomic E-state index is 11.8. The SMILES string of the molecule is C/C=C(\C)C(=O)OC(C)(C)C1CC=C(C)CC1. The minimum atomic E-state index is -0.376. The van der Waals surface area contributed by atoms with Crippen molar-refractivity contribution < 1.29 is 9.53 Å². The monoisotopic (exact) mass is 236 g/mol. The van der Waals surface area contributed by atoms with Gasteiger partial charge in [-0.3, -0.25) is 0 Å². The molecule has 0 aromatic rings. The van der Waals surface area contributed by atoms with E-state index in [1.54, 1.807) is 13.0 Å². The Hall–Kier alpha value is -1.05. The molecule has 0 aromatic heterocycles. The van der Waals surface area contributed by atoms with Crippen molar-refractivity contribution in [1.82, 2.24) is 0 Å². The number of ether oxygens (including phenoxy) is 1. The fraction of sp³-hybridized carbons (Fsp3) is 0.667. The minimum Gasteiger partial charge on any atom is -0.456 e. The van der Waals surface area contributed by atoms with Gasteiger partial charge in [-0.1, -0.05) is 17.7 Å². The summed E-state index contributed by atoms with van der Waals surface area (Å²) in [5.41, 5.74) is 1.76. The van der Waals surface area contributed by atoms with Gasteiger partial charge in [-0.25, -0.2) is 4.79 Å². The molecule has 2 heteroatoms. The second-order valence-electron chi connectivity index (χ2n) is 5.49. The van der Waals surface area contributed by atoms with Gasteiger partial charge in [-0.15, -0.1) is 0 Å². The van der Waals surface area contributed by atoms with Gasteiger partial charge in [0.25, 0.3) is 0 Å². The highest BCUT2D eigenvalue weighted by Gasteiger charge is 2.33. The van der Waals surface area contributed by atoms with E-state index >= 15 is 0 Å². The summed E-state index contributed by atoms with van der Waals surface area (Å²) in [7, 11) is 0. The molecule has 0 saturated carbocycles. The second-order valence-corrected chi connectivity index (χ2v) is 5.49. The van der Waals surface area contributed by atoms with E-state index in [-0.39, 0.29) is 11.6 Å². The van der Waals surface area contributed by atoms with E-state index in [2.05, 4.69) is 13.0 Å². The zero-order valence-electron chi connectivity index (χ0n) is 11.7. The molecule has 1 unspecified atom stereocenters. The van der Waals surface area contributed by atoms with Crippen molar-refractivity contribution in [3.05, 3.63) is 23.3 Å². The van der Waals surface area contributed by atoms with Gasteiger partial charge in [0.1, 0.15) is 5.60 Å². The van der Waals surface area contributed by atoms with Gasteiger partial charge >= 0.3 is 5.97 Å². The van der Waals surface area contributed by atoms with Crippen molar-refractivity contribution in [2.45, 2.75) is 59.5 Å². The van der Waals surface area contributed by atoms with Crippen LogP contribution in [0.3, 0.4) is 0 Å². The van der Waals surface area contributed by atoms with Gasteiger partial charge in [0.15, 0.2) is 0 Å². The van der Waals surface area contributed by atoms with Gasteiger partial charge in [0.2, 0.25) is 0 Å². The topological polar surface area (TPSA) is 26.3 Å². The smallest absolute Gasteiger partial charge is 0.333 e. The van der Waals surface area contributed by atoms with E-state index in [0.717, 1.165) is 19.3 Å². The number of rotatable bonds is 3. The van der Waals surface area contributed by atoms with Crippen molar-refractivity contribution in [3.63, 3.8) is 0 Å². The first-order valence-electron chi connectivity index (χ1n) is 6.38. The molecule has 1 rings (SSSR count). The lowest BCUT2D eigenvalue weighted by molar-refractivity contribution is -0.157. The highest BCUT2D eigenvalue weighted by atomic mass is 16.6. The lowest BCUT2D eigenvalue weighted by atomic mass is 9.79. The van der Waals surface area contributed by atoms with Crippen molar-refractivity contribution in [2.75, 3.05) is 0 Å². The van der Waals surface area contributed by atoms with E-state index in [9.17, 15) is 4.79 Å². The molecule has 0 fully saturated rings. The summed E-state index contributed by atoms with van der Waals surface area (Å²) in [6.45, 7) is 9.86. The molecule has 1 aliphatic carbocycles. The molecule has 0 aromatic carbocycles. The van der Waals surface area contributed by atoms with Crippen molar-refractivity contribution in [1.29, 1.82) is 0 Å². The van der Waals surface area contributed by atoms with Gasteiger partial charge < -0.3 is 4.74 Å². The van der Waals surface area contributed by atoms with E-state index in [4.69, 9.17) is 4.74 Å².